The van der Waals surface area contributed by atoms with Crippen LogP contribution in [0.25, 0.3) is 22.3 Å². The van der Waals surface area contributed by atoms with E-state index in [-0.39, 0.29) is 11.8 Å². The third-order valence-corrected chi connectivity index (χ3v) is 11.5. The van der Waals surface area contributed by atoms with Crippen molar-refractivity contribution in [2.75, 3.05) is 23.7 Å². The first-order valence-electron chi connectivity index (χ1n) is 21.9. The van der Waals surface area contributed by atoms with E-state index in [0.29, 0.717) is 72.6 Å². The van der Waals surface area contributed by atoms with E-state index in [1.165, 1.54) is 9.80 Å². The van der Waals surface area contributed by atoms with Gasteiger partial charge in [0.25, 0.3) is 11.8 Å². The molecule has 15 heteroatoms. The minimum atomic E-state index is -1.23. The third-order valence-electron chi connectivity index (χ3n) is 11.5. The van der Waals surface area contributed by atoms with Crippen molar-refractivity contribution in [1.29, 1.82) is 0 Å². The Bertz CT molecular complexity index is 2550. The second-order valence-corrected chi connectivity index (χ2v) is 18.4. The first-order valence-corrected chi connectivity index (χ1v) is 21.9. The number of carbonyl (C=O) groups is 6. The monoisotopic (exact) mass is 884 g/mol. The fraction of sp³-hybridized carbons (Fsp3) is 0.360. The molecule has 7 rings (SSSR count). The molecule has 0 spiro atoms. The summed E-state index contributed by atoms with van der Waals surface area (Å²) in [5.74, 6) is -1.03. The van der Waals surface area contributed by atoms with E-state index in [1.54, 1.807) is 139 Å². The number of hydrogen-bond acceptors (Lipinski definition) is 8. The van der Waals surface area contributed by atoms with Crippen LogP contribution in [0.4, 0.5) is 21.0 Å². The average Bonchev–Trinajstić information content (AvgIpc) is 4.05. The minimum Gasteiger partial charge on any atom is -0.465 e. The molecule has 0 saturated carbocycles. The molecular weight excluding hydrogens is 829 g/mol. The molecule has 1 aromatic heterocycles. The lowest BCUT2D eigenvalue weighted by Gasteiger charge is -2.41. The number of rotatable bonds is 11. The molecule has 6 amide bonds. The number of furan rings is 1. The second-order valence-electron chi connectivity index (χ2n) is 18.4. The number of anilines is 2. The molecule has 4 aromatic carbocycles. The zero-order chi connectivity index (χ0) is 46.6. The largest absolute Gasteiger partial charge is 0.465 e. The van der Waals surface area contributed by atoms with Crippen molar-refractivity contribution in [3.63, 3.8) is 0 Å². The predicted octanol–water partition coefficient (Wildman–Crippen LogP) is 8.74. The number of alkyl carbamates (subject to hydrolysis) is 1. The smallest absolute Gasteiger partial charge is 0.408 e. The Balaban J connectivity index is 1.01. The molecule has 65 heavy (non-hydrogen) atoms. The molecule has 2 fully saturated rings. The Morgan fingerprint density at radius 2 is 1.23 bits per heavy atom. The molecule has 4 N–H and O–H groups in total. The summed E-state index contributed by atoms with van der Waals surface area (Å²) in [5.41, 5.74) is 1.76. The standard InChI is InChI=1S/C50H56N6O9/c1-49(2,3)56(48(62)63)42(33-17-11-8-12-18-33)46(60)55-28-14-20-38(55)43(57)51-35-23-21-31(22-24-35)40-30-34-29-36(25-26-39(34)64-40)52-44(58)37-19-13-27-54(37)45(59)41(32-15-9-7-10-16-32)53-47(61)65-50(4,5)6/h7-12,15-18,21-26,29-30,37-38,41-42H,13-14,19-20,27-28H2,1-6H3,(H,51,57)(H,52,58)(H,53,61)(H,62,63)/t37?,38-,41?,42+/m0/s1. The lowest BCUT2D eigenvalue weighted by molar-refractivity contribution is -0.142. The maximum absolute atomic E-state index is 14.3. The van der Waals surface area contributed by atoms with Crippen LogP contribution in [-0.2, 0) is 23.9 Å². The highest BCUT2D eigenvalue weighted by atomic mass is 16.6. The zero-order valence-corrected chi connectivity index (χ0v) is 37.5. The van der Waals surface area contributed by atoms with Gasteiger partial charge in [0.05, 0.1) is 0 Å². The van der Waals surface area contributed by atoms with Gasteiger partial charge in [-0.3, -0.25) is 24.1 Å². The quantitative estimate of drug-likeness (QED) is 0.100. The lowest BCUT2D eigenvalue weighted by Crippen LogP contribution is -2.54. The first kappa shape index (κ1) is 45.9. The first-order chi connectivity index (χ1) is 30.9. The van der Waals surface area contributed by atoms with Gasteiger partial charge in [0.1, 0.15) is 41.1 Å². The molecule has 5 aromatic rings. The Kier molecular flexibility index (Phi) is 13.3. The van der Waals surface area contributed by atoms with Gasteiger partial charge in [0.2, 0.25) is 11.8 Å². The SMILES string of the molecule is CC(C)(C)OC(=O)NC(C(=O)N1CCCC1C(=O)Nc1ccc2oc(-c3ccc(NC(=O)[C@@H]4CCCN4C(=O)[C@@H](c4ccccc4)N(C(=O)O)C(C)(C)C)cc3)cc2c1)c1ccccc1. The van der Waals surface area contributed by atoms with Crippen LogP contribution in [0.5, 0.6) is 0 Å². The van der Waals surface area contributed by atoms with Crippen molar-refractivity contribution in [2.24, 2.45) is 0 Å². The summed E-state index contributed by atoms with van der Waals surface area (Å²) in [6.07, 6.45) is 0.118. The highest BCUT2D eigenvalue weighted by Gasteiger charge is 2.45. The van der Waals surface area contributed by atoms with E-state index in [2.05, 4.69) is 16.0 Å². The van der Waals surface area contributed by atoms with E-state index in [4.69, 9.17) is 9.15 Å². The molecule has 3 heterocycles. The fourth-order valence-corrected chi connectivity index (χ4v) is 8.54. The molecule has 0 bridgehead atoms. The number of carboxylic acid groups (broad SMARTS) is 1. The minimum absolute atomic E-state index is 0.317. The number of ether oxygens (including phenoxy) is 1. The van der Waals surface area contributed by atoms with Crippen molar-refractivity contribution in [1.82, 2.24) is 20.0 Å². The van der Waals surface area contributed by atoms with E-state index in [1.807, 2.05) is 12.1 Å². The van der Waals surface area contributed by atoms with Crippen LogP contribution in [-0.4, -0.2) is 91.9 Å². The Morgan fingerprint density at radius 3 is 1.78 bits per heavy atom. The molecule has 2 saturated heterocycles. The maximum Gasteiger partial charge on any atom is 0.408 e. The van der Waals surface area contributed by atoms with Crippen LogP contribution in [0.2, 0.25) is 0 Å². The normalized spacial score (nSPS) is 17.3. The van der Waals surface area contributed by atoms with Gasteiger partial charge in [0, 0.05) is 41.0 Å². The number of benzene rings is 4. The molecular formula is C50H56N6O9. The summed E-state index contributed by atoms with van der Waals surface area (Å²) in [7, 11) is 0. The molecule has 2 aliphatic rings. The number of nitrogens with zero attached hydrogens (tertiary/aromatic N) is 3. The fourth-order valence-electron chi connectivity index (χ4n) is 8.54. The van der Waals surface area contributed by atoms with Crippen molar-refractivity contribution in [3.05, 3.63) is 120 Å². The van der Waals surface area contributed by atoms with E-state index < -0.39 is 59.3 Å². The van der Waals surface area contributed by atoms with E-state index in [9.17, 15) is 33.9 Å². The number of carbonyl (C=O) groups excluding carboxylic acids is 5. The molecule has 4 atom stereocenters. The number of likely N-dealkylation sites (tertiary alicyclic amines) is 2. The third kappa shape index (κ3) is 10.6. The number of fused-ring (bicyclic) bond motifs is 1. The van der Waals surface area contributed by atoms with Gasteiger partial charge in [0.15, 0.2) is 0 Å². The summed E-state index contributed by atoms with van der Waals surface area (Å²) in [4.78, 5) is 85.4. The maximum atomic E-state index is 14.3. The van der Waals surface area contributed by atoms with E-state index in [0.717, 1.165) is 15.8 Å². The lowest BCUT2D eigenvalue weighted by atomic mass is 9.97. The summed E-state index contributed by atoms with van der Waals surface area (Å²) < 4.78 is 11.6. The summed E-state index contributed by atoms with van der Waals surface area (Å²) in [5, 5.41) is 19.6. The molecule has 340 valence electrons. The highest BCUT2D eigenvalue weighted by molar-refractivity contribution is 6.01. The van der Waals surface area contributed by atoms with Crippen LogP contribution in [0, 0.1) is 0 Å². The Hall–Kier alpha value is -7.16. The van der Waals surface area contributed by atoms with Crippen LogP contribution in [0.3, 0.4) is 0 Å². The second kappa shape index (κ2) is 18.9. The highest BCUT2D eigenvalue weighted by Crippen LogP contribution is 2.35. The zero-order valence-electron chi connectivity index (χ0n) is 37.5. The van der Waals surface area contributed by atoms with Crippen LogP contribution in [0.1, 0.15) is 90.4 Å². The van der Waals surface area contributed by atoms with Gasteiger partial charge in [-0.1, -0.05) is 60.7 Å². The molecule has 0 radical (unpaired) electrons. The van der Waals surface area contributed by atoms with Crippen molar-refractivity contribution < 1.29 is 43.0 Å². The predicted molar refractivity (Wildman–Crippen MR) is 246 cm³/mol. The molecule has 2 aliphatic heterocycles. The summed E-state index contributed by atoms with van der Waals surface area (Å²) >= 11 is 0. The van der Waals surface area contributed by atoms with Crippen molar-refractivity contribution >= 4 is 58.2 Å². The van der Waals surface area contributed by atoms with Crippen LogP contribution < -0.4 is 16.0 Å². The number of nitrogens with one attached hydrogen (secondary N) is 3. The van der Waals surface area contributed by atoms with Crippen molar-refractivity contribution in [3.8, 4) is 11.3 Å². The molecule has 0 aliphatic carbocycles. The van der Waals surface area contributed by atoms with Crippen molar-refractivity contribution in [2.45, 2.75) is 103 Å². The topological polar surface area (TPSA) is 191 Å². The van der Waals surface area contributed by atoms with E-state index >= 15 is 0 Å². The van der Waals surface area contributed by atoms with Crippen LogP contribution in [0.15, 0.2) is 114 Å². The number of amides is 6. The van der Waals surface area contributed by atoms with Gasteiger partial charge in [-0.25, -0.2) is 9.59 Å². The molecule has 2 unspecified atom stereocenters. The Morgan fingerprint density at radius 1 is 0.692 bits per heavy atom. The van der Waals surface area contributed by atoms with Crippen LogP contribution >= 0.6 is 0 Å². The molecule has 15 nitrogen and oxygen atoms in total. The van der Waals surface area contributed by atoms with Gasteiger partial charge < -0.3 is 40.0 Å². The summed E-state index contributed by atoms with van der Waals surface area (Å²) in [6.45, 7) is 11.1. The average molecular weight is 885 g/mol. The number of hydrogen-bond donors (Lipinski definition) is 4. The van der Waals surface area contributed by atoms with Gasteiger partial charge in [-0.15, -0.1) is 0 Å². The van der Waals surface area contributed by atoms with Gasteiger partial charge in [-0.05, 0) is 127 Å². The van der Waals surface area contributed by atoms with Gasteiger partial charge >= 0.3 is 12.2 Å². The Labute approximate surface area is 378 Å². The summed E-state index contributed by atoms with van der Waals surface area (Å²) in [6, 6.07) is 28.1. The van der Waals surface area contributed by atoms with Gasteiger partial charge in [-0.2, -0.15) is 0 Å².